The standard InChI is InChI=1S/C14H26N2/c15-14(13-9-5-4-6-10-13)16-11-7-2-1-3-8-12-16/h13,15H,1-12H2. The van der Waals surface area contributed by atoms with Crippen LogP contribution in [-0.4, -0.2) is 23.8 Å². The molecule has 0 amide bonds. The van der Waals surface area contributed by atoms with Gasteiger partial charge in [-0.1, -0.05) is 38.5 Å². The molecule has 92 valence electrons. The second kappa shape index (κ2) is 6.27. The van der Waals surface area contributed by atoms with Crippen molar-refractivity contribution in [2.45, 2.75) is 64.2 Å². The van der Waals surface area contributed by atoms with E-state index in [0.29, 0.717) is 5.92 Å². The zero-order chi connectivity index (χ0) is 11.2. The molecule has 0 bridgehead atoms. The van der Waals surface area contributed by atoms with Gasteiger partial charge >= 0.3 is 0 Å². The summed E-state index contributed by atoms with van der Waals surface area (Å²) in [5.74, 6) is 1.56. The SMILES string of the molecule is N=C(C1CCCCC1)N1CCCCCCC1. The van der Waals surface area contributed by atoms with Crippen molar-refractivity contribution in [1.29, 1.82) is 5.41 Å². The molecule has 0 radical (unpaired) electrons. The first-order chi connectivity index (χ1) is 7.88. The summed E-state index contributed by atoms with van der Waals surface area (Å²) in [4.78, 5) is 2.38. The van der Waals surface area contributed by atoms with E-state index < -0.39 is 0 Å². The molecule has 0 aromatic carbocycles. The first kappa shape index (κ1) is 11.9. The zero-order valence-electron chi connectivity index (χ0n) is 10.5. The Balaban J connectivity index is 1.85. The number of nitrogens with zero attached hydrogens (tertiary/aromatic N) is 1. The predicted octanol–water partition coefficient (Wildman–Crippen LogP) is 3.81. The summed E-state index contributed by atoms with van der Waals surface area (Å²) < 4.78 is 0. The van der Waals surface area contributed by atoms with Crippen LogP contribution in [-0.2, 0) is 0 Å². The minimum atomic E-state index is 0.591. The van der Waals surface area contributed by atoms with Gasteiger partial charge in [0, 0.05) is 19.0 Å². The lowest BCUT2D eigenvalue weighted by atomic mass is 9.87. The Morgan fingerprint density at radius 1 is 0.750 bits per heavy atom. The number of amidine groups is 1. The summed E-state index contributed by atoms with van der Waals surface area (Å²) in [7, 11) is 0. The highest BCUT2D eigenvalue weighted by Gasteiger charge is 2.22. The highest BCUT2D eigenvalue weighted by Crippen LogP contribution is 2.26. The molecule has 0 atom stereocenters. The van der Waals surface area contributed by atoms with E-state index in [-0.39, 0.29) is 0 Å². The maximum atomic E-state index is 8.37. The van der Waals surface area contributed by atoms with Crippen LogP contribution >= 0.6 is 0 Å². The summed E-state index contributed by atoms with van der Waals surface area (Å²) >= 11 is 0. The number of likely N-dealkylation sites (tertiary alicyclic amines) is 1. The van der Waals surface area contributed by atoms with Crippen molar-refractivity contribution in [3.63, 3.8) is 0 Å². The summed E-state index contributed by atoms with van der Waals surface area (Å²) in [5.41, 5.74) is 0. The van der Waals surface area contributed by atoms with Gasteiger partial charge in [0.1, 0.15) is 0 Å². The lowest BCUT2D eigenvalue weighted by Crippen LogP contribution is -2.38. The van der Waals surface area contributed by atoms with Gasteiger partial charge in [0.25, 0.3) is 0 Å². The Bertz CT molecular complexity index is 211. The first-order valence-corrected chi connectivity index (χ1v) is 7.21. The fourth-order valence-corrected chi connectivity index (χ4v) is 3.12. The van der Waals surface area contributed by atoms with Crippen LogP contribution in [0.4, 0.5) is 0 Å². The van der Waals surface area contributed by atoms with Crippen molar-refractivity contribution in [1.82, 2.24) is 4.90 Å². The largest absolute Gasteiger partial charge is 0.360 e. The van der Waals surface area contributed by atoms with Gasteiger partial charge in [0.05, 0.1) is 5.84 Å². The van der Waals surface area contributed by atoms with Crippen molar-refractivity contribution >= 4 is 5.84 Å². The third-order valence-electron chi connectivity index (χ3n) is 4.19. The molecular weight excluding hydrogens is 196 g/mol. The maximum absolute atomic E-state index is 8.37. The maximum Gasteiger partial charge on any atom is 0.0989 e. The van der Waals surface area contributed by atoms with E-state index in [1.54, 1.807) is 0 Å². The van der Waals surface area contributed by atoms with Crippen molar-refractivity contribution in [2.24, 2.45) is 5.92 Å². The fourth-order valence-electron chi connectivity index (χ4n) is 3.12. The van der Waals surface area contributed by atoms with Crippen LogP contribution < -0.4 is 0 Å². The predicted molar refractivity (Wildman–Crippen MR) is 69.0 cm³/mol. The average molecular weight is 222 g/mol. The lowest BCUT2D eigenvalue weighted by molar-refractivity contribution is 0.322. The van der Waals surface area contributed by atoms with E-state index in [2.05, 4.69) is 4.90 Å². The van der Waals surface area contributed by atoms with Crippen LogP contribution in [0.25, 0.3) is 0 Å². The molecule has 2 heteroatoms. The number of hydrogen-bond donors (Lipinski definition) is 1. The Morgan fingerprint density at radius 2 is 1.25 bits per heavy atom. The van der Waals surface area contributed by atoms with Crippen LogP contribution in [0.1, 0.15) is 64.2 Å². The highest BCUT2D eigenvalue weighted by molar-refractivity contribution is 5.81. The van der Waals surface area contributed by atoms with E-state index in [4.69, 9.17) is 5.41 Å². The zero-order valence-corrected chi connectivity index (χ0v) is 10.5. The second-order valence-electron chi connectivity index (χ2n) is 5.47. The quantitative estimate of drug-likeness (QED) is 0.530. The van der Waals surface area contributed by atoms with Gasteiger partial charge in [-0.3, -0.25) is 5.41 Å². The molecule has 2 nitrogen and oxygen atoms in total. The average Bonchev–Trinajstić information content (AvgIpc) is 2.29. The minimum Gasteiger partial charge on any atom is -0.360 e. The third kappa shape index (κ3) is 3.23. The molecule has 1 heterocycles. The number of rotatable bonds is 1. The van der Waals surface area contributed by atoms with Crippen LogP contribution in [0.5, 0.6) is 0 Å². The van der Waals surface area contributed by atoms with Gasteiger partial charge in [-0.05, 0) is 25.7 Å². The molecule has 1 saturated carbocycles. The Morgan fingerprint density at radius 3 is 1.88 bits per heavy atom. The van der Waals surface area contributed by atoms with Crippen LogP contribution in [0.15, 0.2) is 0 Å². The Hall–Kier alpha value is -0.530. The molecule has 1 saturated heterocycles. The summed E-state index contributed by atoms with van der Waals surface area (Å²) in [5, 5.41) is 8.37. The summed E-state index contributed by atoms with van der Waals surface area (Å²) in [6.45, 7) is 2.30. The Labute approximate surface area is 99.9 Å². The van der Waals surface area contributed by atoms with E-state index in [1.165, 1.54) is 64.2 Å². The molecule has 0 aromatic rings. The first-order valence-electron chi connectivity index (χ1n) is 7.21. The molecule has 1 N–H and O–H groups in total. The molecule has 0 aromatic heterocycles. The lowest BCUT2D eigenvalue weighted by Gasteiger charge is -2.33. The van der Waals surface area contributed by atoms with Gasteiger partial charge in [0.2, 0.25) is 0 Å². The number of hydrogen-bond acceptors (Lipinski definition) is 1. The topological polar surface area (TPSA) is 27.1 Å². The Kier molecular flexibility index (Phi) is 4.68. The van der Waals surface area contributed by atoms with Crippen molar-refractivity contribution in [2.75, 3.05) is 13.1 Å². The van der Waals surface area contributed by atoms with Crippen LogP contribution in [0, 0.1) is 11.3 Å². The minimum absolute atomic E-state index is 0.591. The molecule has 2 rings (SSSR count). The smallest absolute Gasteiger partial charge is 0.0989 e. The van der Waals surface area contributed by atoms with E-state index in [9.17, 15) is 0 Å². The van der Waals surface area contributed by atoms with Gasteiger partial charge in [-0.25, -0.2) is 0 Å². The highest BCUT2D eigenvalue weighted by atomic mass is 15.2. The molecule has 1 aliphatic carbocycles. The van der Waals surface area contributed by atoms with Gasteiger partial charge < -0.3 is 4.90 Å². The van der Waals surface area contributed by atoms with Crippen LogP contribution in [0.3, 0.4) is 0 Å². The van der Waals surface area contributed by atoms with Crippen molar-refractivity contribution in [3.05, 3.63) is 0 Å². The molecular formula is C14H26N2. The molecule has 2 aliphatic rings. The molecule has 2 fully saturated rings. The van der Waals surface area contributed by atoms with Crippen LogP contribution in [0.2, 0.25) is 0 Å². The molecule has 0 spiro atoms. The molecule has 0 unspecified atom stereocenters. The van der Waals surface area contributed by atoms with E-state index >= 15 is 0 Å². The molecule has 16 heavy (non-hydrogen) atoms. The van der Waals surface area contributed by atoms with Gasteiger partial charge in [0.15, 0.2) is 0 Å². The van der Waals surface area contributed by atoms with Gasteiger partial charge in [-0.15, -0.1) is 0 Å². The number of nitrogens with one attached hydrogen (secondary N) is 1. The fraction of sp³-hybridized carbons (Fsp3) is 0.929. The normalized spacial score (nSPS) is 24.9. The van der Waals surface area contributed by atoms with Crippen molar-refractivity contribution in [3.8, 4) is 0 Å². The van der Waals surface area contributed by atoms with Crippen molar-refractivity contribution < 1.29 is 0 Å². The van der Waals surface area contributed by atoms with E-state index in [1.807, 2.05) is 0 Å². The third-order valence-corrected chi connectivity index (χ3v) is 4.19. The monoisotopic (exact) mass is 222 g/mol. The summed E-state index contributed by atoms with van der Waals surface area (Å²) in [6, 6.07) is 0. The summed E-state index contributed by atoms with van der Waals surface area (Å²) in [6.07, 6.45) is 13.4. The molecule has 1 aliphatic heterocycles. The second-order valence-corrected chi connectivity index (χ2v) is 5.47. The van der Waals surface area contributed by atoms with E-state index in [0.717, 1.165) is 18.9 Å². The van der Waals surface area contributed by atoms with Gasteiger partial charge in [-0.2, -0.15) is 0 Å².